The van der Waals surface area contributed by atoms with Gasteiger partial charge in [-0.05, 0) is 24.1 Å². The Morgan fingerprint density at radius 1 is 1.27 bits per heavy atom. The van der Waals surface area contributed by atoms with E-state index >= 15 is 0 Å². The van der Waals surface area contributed by atoms with Crippen LogP contribution in [0.15, 0.2) is 58.7 Å². The average molecular weight is 389 g/mol. The van der Waals surface area contributed by atoms with Crippen LogP contribution >= 0.6 is 23.4 Å². The van der Waals surface area contributed by atoms with Crippen molar-refractivity contribution in [3.8, 4) is 0 Å². The number of nitrogens with one attached hydrogen (secondary N) is 1. The topological polar surface area (TPSA) is 97.0 Å². The standard InChI is InChI=1S/C17H13ClN4O3S/c18-13-5-1-3-11(7-13)9-15-16(23)20-17(26-15)21-19-10-12-4-2-6-14(8-12)22(24)25/h1-8,10,15H,9H2,(H,20,21,23)/b19-10-. The number of nitro groups is 1. The van der Waals surface area contributed by atoms with Crippen LogP contribution in [0.25, 0.3) is 0 Å². The molecule has 132 valence electrons. The molecule has 26 heavy (non-hydrogen) atoms. The summed E-state index contributed by atoms with van der Waals surface area (Å²) in [5, 5.41) is 22.0. The smallest absolute Gasteiger partial charge is 0.270 e. The lowest BCUT2D eigenvalue weighted by atomic mass is 10.1. The number of hydrogen-bond acceptors (Lipinski definition) is 6. The maximum atomic E-state index is 12.1. The Hall–Kier alpha value is -2.71. The molecule has 1 saturated heterocycles. The van der Waals surface area contributed by atoms with E-state index in [0.29, 0.717) is 22.2 Å². The Morgan fingerprint density at radius 2 is 2.08 bits per heavy atom. The number of nitrogens with zero attached hydrogens (tertiary/aromatic N) is 3. The van der Waals surface area contributed by atoms with Crippen molar-refractivity contribution in [3.05, 3.63) is 74.8 Å². The molecule has 0 spiro atoms. The normalized spacial score (nSPS) is 18.4. The summed E-state index contributed by atoms with van der Waals surface area (Å²) < 4.78 is 0. The second-order valence-electron chi connectivity index (χ2n) is 5.43. The molecule has 7 nitrogen and oxygen atoms in total. The summed E-state index contributed by atoms with van der Waals surface area (Å²) in [6.07, 6.45) is 1.93. The molecule has 1 amide bonds. The molecule has 1 heterocycles. The molecule has 1 aliphatic heterocycles. The molecule has 1 unspecified atom stereocenters. The van der Waals surface area contributed by atoms with Crippen LogP contribution in [-0.2, 0) is 11.2 Å². The highest BCUT2D eigenvalue weighted by atomic mass is 35.5. The number of carbonyl (C=O) groups is 1. The molecule has 0 radical (unpaired) electrons. The lowest BCUT2D eigenvalue weighted by Gasteiger charge is -2.05. The van der Waals surface area contributed by atoms with Gasteiger partial charge in [-0.1, -0.05) is 47.6 Å². The summed E-state index contributed by atoms with van der Waals surface area (Å²) in [5.74, 6) is -0.140. The third-order valence-electron chi connectivity index (χ3n) is 3.52. The number of nitro benzene ring substituents is 1. The summed E-state index contributed by atoms with van der Waals surface area (Å²) in [5.41, 5.74) is 1.49. The first-order valence-corrected chi connectivity index (χ1v) is 8.84. The van der Waals surface area contributed by atoms with Gasteiger partial charge in [-0.2, -0.15) is 5.10 Å². The second kappa shape index (κ2) is 8.11. The van der Waals surface area contributed by atoms with Crippen molar-refractivity contribution >= 4 is 46.3 Å². The van der Waals surface area contributed by atoms with Gasteiger partial charge in [0.05, 0.1) is 16.4 Å². The van der Waals surface area contributed by atoms with Crippen LogP contribution in [0.4, 0.5) is 5.69 Å². The van der Waals surface area contributed by atoms with E-state index < -0.39 is 4.92 Å². The van der Waals surface area contributed by atoms with Crippen molar-refractivity contribution in [2.24, 2.45) is 10.2 Å². The van der Waals surface area contributed by atoms with Gasteiger partial charge in [0, 0.05) is 22.7 Å². The third-order valence-corrected chi connectivity index (χ3v) is 4.83. The van der Waals surface area contributed by atoms with E-state index in [2.05, 4.69) is 15.5 Å². The molecule has 9 heteroatoms. The van der Waals surface area contributed by atoms with Crippen LogP contribution < -0.4 is 5.32 Å². The summed E-state index contributed by atoms with van der Waals surface area (Å²) in [6.45, 7) is 0. The molecule has 1 atom stereocenters. The lowest BCUT2D eigenvalue weighted by molar-refractivity contribution is -0.384. The quantitative estimate of drug-likeness (QED) is 0.482. The largest absolute Gasteiger partial charge is 0.303 e. The van der Waals surface area contributed by atoms with Crippen molar-refractivity contribution in [1.82, 2.24) is 5.32 Å². The van der Waals surface area contributed by atoms with E-state index in [1.54, 1.807) is 18.2 Å². The Bertz CT molecular complexity index is 916. The maximum Gasteiger partial charge on any atom is 0.270 e. The van der Waals surface area contributed by atoms with Crippen LogP contribution in [0.1, 0.15) is 11.1 Å². The highest BCUT2D eigenvalue weighted by Gasteiger charge is 2.30. The van der Waals surface area contributed by atoms with Gasteiger partial charge < -0.3 is 5.32 Å². The van der Waals surface area contributed by atoms with Gasteiger partial charge in [0.2, 0.25) is 5.91 Å². The Kier molecular flexibility index (Phi) is 5.65. The molecular formula is C17H13ClN4O3S. The van der Waals surface area contributed by atoms with E-state index in [1.807, 2.05) is 18.2 Å². The number of halogens is 1. The first-order chi connectivity index (χ1) is 12.5. The minimum Gasteiger partial charge on any atom is -0.303 e. The highest BCUT2D eigenvalue weighted by Crippen LogP contribution is 2.24. The minimum absolute atomic E-state index is 0.0215. The first kappa shape index (κ1) is 18.1. The van der Waals surface area contributed by atoms with E-state index in [1.165, 1.54) is 30.1 Å². The number of amides is 1. The molecule has 1 fully saturated rings. The van der Waals surface area contributed by atoms with Crippen molar-refractivity contribution in [1.29, 1.82) is 0 Å². The predicted molar refractivity (Wildman–Crippen MR) is 103 cm³/mol. The number of hydrogen-bond donors (Lipinski definition) is 1. The van der Waals surface area contributed by atoms with Crippen molar-refractivity contribution in [2.75, 3.05) is 0 Å². The number of amidine groups is 1. The predicted octanol–water partition coefficient (Wildman–Crippen LogP) is 3.41. The van der Waals surface area contributed by atoms with Crippen LogP contribution in [0, 0.1) is 10.1 Å². The molecule has 1 aliphatic rings. The monoisotopic (exact) mass is 388 g/mol. The summed E-state index contributed by atoms with van der Waals surface area (Å²) >= 11 is 7.25. The lowest BCUT2D eigenvalue weighted by Crippen LogP contribution is -2.25. The zero-order valence-corrected chi connectivity index (χ0v) is 14.9. The molecule has 0 aliphatic carbocycles. The number of benzene rings is 2. The van der Waals surface area contributed by atoms with Crippen molar-refractivity contribution in [2.45, 2.75) is 11.7 Å². The number of thioether (sulfide) groups is 1. The molecule has 0 bridgehead atoms. The average Bonchev–Trinajstić information content (AvgIpc) is 2.95. The van der Waals surface area contributed by atoms with Crippen LogP contribution in [-0.4, -0.2) is 27.5 Å². The van der Waals surface area contributed by atoms with E-state index in [9.17, 15) is 14.9 Å². The maximum absolute atomic E-state index is 12.1. The molecular weight excluding hydrogens is 376 g/mol. The fourth-order valence-corrected chi connectivity index (χ4v) is 3.51. The molecule has 2 aromatic carbocycles. The minimum atomic E-state index is -0.475. The zero-order chi connectivity index (χ0) is 18.5. The fraction of sp³-hybridized carbons (Fsp3) is 0.118. The Morgan fingerprint density at radius 3 is 2.85 bits per heavy atom. The fourth-order valence-electron chi connectivity index (χ4n) is 2.33. The van der Waals surface area contributed by atoms with Crippen molar-refractivity contribution in [3.63, 3.8) is 0 Å². The van der Waals surface area contributed by atoms with Gasteiger partial charge in [-0.3, -0.25) is 14.9 Å². The molecule has 2 aromatic rings. The van der Waals surface area contributed by atoms with E-state index in [-0.39, 0.29) is 16.8 Å². The summed E-state index contributed by atoms with van der Waals surface area (Å²) in [7, 11) is 0. The van der Waals surface area contributed by atoms with Gasteiger partial charge in [0.25, 0.3) is 5.69 Å². The van der Waals surface area contributed by atoms with E-state index in [0.717, 1.165) is 5.56 Å². The molecule has 0 aromatic heterocycles. The number of rotatable bonds is 5. The first-order valence-electron chi connectivity index (χ1n) is 7.59. The number of non-ortho nitro benzene ring substituents is 1. The number of carbonyl (C=O) groups excluding carboxylic acids is 1. The molecule has 3 rings (SSSR count). The Labute approximate surface area is 158 Å². The third kappa shape index (κ3) is 4.68. The van der Waals surface area contributed by atoms with E-state index in [4.69, 9.17) is 11.6 Å². The van der Waals surface area contributed by atoms with Gasteiger partial charge in [-0.15, -0.1) is 5.10 Å². The molecule has 1 N–H and O–H groups in total. The van der Waals surface area contributed by atoms with Gasteiger partial charge in [0.15, 0.2) is 5.17 Å². The Balaban J connectivity index is 1.64. The van der Waals surface area contributed by atoms with Gasteiger partial charge in [0.1, 0.15) is 0 Å². The van der Waals surface area contributed by atoms with Crippen molar-refractivity contribution < 1.29 is 9.72 Å². The van der Waals surface area contributed by atoms with Crippen LogP contribution in [0.2, 0.25) is 5.02 Å². The highest BCUT2D eigenvalue weighted by molar-refractivity contribution is 8.15. The SMILES string of the molecule is O=C1N/C(=N\N=C/c2cccc([N+](=O)[O-])c2)SC1Cc1cccc(Cl)c1. The van der Waals surface area contributed by atoms with Gasteiger partial charge >= 0.3 is 0 Å². The van der Waals surface area contributed by atoms with Crippen LogP contribution in [0.5, 0.6) is 0 Å². The van der Waals surface area contributed by atoms with Gasteiger partial charge in [-0.25, -0.2) is 0 Å². The second-order valence-corrected chi connectivity index (χ2v) is 7.06. The zero-order valence-electron chi connectivity index (χ0n) is 13.3. The van der Waals surface area contributed by atoms with Crippen LogP contribution in [0.3, 0.4) is 0 Å². The summed E-state index contributed by atoms with van der Waals surface area (Å²) in [4.78, 5) is 22.3. The summed E-state index contributed by atoms with van der Waals surface area (Å²) in [6, 6.07) is 13.4. The molecule has 0 saturated carbocycles.